The van der Waals surface area contributed by atoms with Crippen LogP contribution >= 0.6 is 55.4 Å². The first kappa shape index (κ1) is 32.8. The van der Waals surface area contributed by atoms with Crippen LogP contribution in [0.4, 0.5) is 0 Å². The maximum atomic E-state index is 10.9. The van der Waals surface area contributed by atoms with Crippen LogP contribution in [0.1, 0.15) is 48.6 Å². The molecule has 244 valence electrons. The average molecular weight is 809 g/mol. The number of rotatable bonds is 10. The SMILES string of the molecule is O=C(O)CSc1nnc(Br)n1-c1ccc(C2CC2)c2ccccc12.O=C(O)CSc1nnc(Br)n1-c1ccc(C2CC2)c2ccccc12. The Labute approximate surface area is 300 Å². The van der Waals surface area contributed by atoms with Crippen LogP contribution in [0.15, 0.2) is 92.6 Å². The van der Waals surface area contributed by atoms with E-state index < -0.39 is 11.9 Å². The van der Waals surface area contributed by atoms with Crippen molar-refractivity contribution in [2.45, 2.75) is 47.8 Å². The first-order chi connectivity index (χ1) is 23.3. The summed E-state index contributed by atoms with van der Waals surface area (Å²) in [5.41, 5.74) is 4.69. The van der Waals surface area contributed by atoms with Gasteiger partial charge in [0, 0.05) is 10.8 Å². The number of carboxylic acids is 2. The summed E-state index contributed by atoms with van der Waals surface area (Å²) in [5.74, 6) is -0.533. The Hall–Kier alpha value is -3.72. The zero-order valence-electron chi connectivity index (χ0n) is 25.3. The summed E-state index contributed by atoms with van der Waals surface area (Å²) in [4.78, 5) is 21.8. The fraction of sp³-hybridized carbons (Fsp3) is 0.235. The number of aromatic nitrogens is 6. The molecule has 0 spiro atoms. The van der Waals surface area contributed by atoms with Gasteiger partial charge >= 0.3 is 11.9 Å². The number of carbonyl (C=O) groups is 2. The molecule has 14 heteroatoms. The second kappa shape index (κ2) is 14.0. The number of aliphatic carboxylic acids is 2. The maximum Gasteiger partial charge on any atom is 0.313 e. The molecule has 0 amide bonds. The minimum absolute atomic E-state index is 0.0524. The Morgan fingerprint density at radius 2 is 0.979 bits per heavy atom. The van der Waals surface area contributed by atoms with Crippen molar-refractivity contribution in [3.63, 3.8) is 0 Å². The fourth-order valence-electron chi connectivity index (χ4n) is 5.85. The van der Waals surface area contributed by atoms with Gasteiger partial charge in [-0.3, -0.25) is 18.7 Å². The van der Waals surface area contributed by atoms with Crippen LogP contribution in [0.5, 0.6) is 0 Å². The molecule has 2 aliphatic rings. The smallest absolute Gasteiger partial charge is 0.313 e. The third kappa shape index (κ3) is 6.89. The van der Waals surface area contributed by atoms with Crippen LogP contribution < -0.4 is 0 Å². The molecule has 4 aromatic carbocycles. The Morgan fingerprint density at radius 1 is 0.604 bits per heavy atom. The quantitative estimate of drug-likeness (QED) is 0.130. The molecule has 2 heterocycles. The van der Waals surface area contributed by atoms with Crippen LogP contribution in [0.25, 0.3) is 32.9 Å². The van der Waals surface area contributed by atoms with Crippen LogP contribution in [-0.4, -0.2) is 63.2 Å². The van der Waals surface area contributed by atoms with E-state index in [1.807, 2.05) is 21.3 Å². The van der Waals surface area contributed by atoms with Crippen molar-refractivity contribution in [3.8, 4) is 11.4 Å². The molecule has 2 saturated carbocycles. The molecule has 8 rings (SSSR count). The second-order valence-corrected chi connectivity index (χ2v) is 14.8. The highest BCUT2D eigenvalue weighted by atomic mass is 79.9. The lowest BCUT2D eigenvalue weighted by atomic mass is 9.99. The predicted octanol–water partition coefficient (Wildman–Crippen LogP) is 8.47. The summed E-state index contributed by atoms with van der Waals surface area (Å²) < 4.78 is 4.87. The lowest BCUT2D eigenvalue weighted by molar-refractivity contribution is -0.134. The van der Waals surface area contributed by atoms with Gasteiger partial charge in [0.1, 0.15) is 0 Å². The van der Waals surface area contributed by atoms with Gasteiger partial charge < -0.3 is 10.2 Å². The van der Waals surface area contributed by atoms with Crippen LogP contribution in [0, 0.1) is 0 Å². The lowest BCUT2D eigenvalue weighted by Crippen LogP contribution is -2.03. The topological polar surface area (TPSA) is 136 Å². The van der Waals surface area contributed by atoms with Crippen molar-refractivity contribution in [2.75, 3.05) is 11.5 Å². The molecule has 2 N–H and O–H groups in total. The number of hydrogen-bond acceptors (Lipinski definition) is 8. The highest BCUT2D eigenvalue weighted by Gasteiger charge is 2.28. The van der Waals surface area contributed by atoms with Gasteiger partial charge in [0.25, 0.3) is 0 Å². The number of benzene rings is 4. The summed E-state index contributed by atoms with van der Waals surface area (Å²) >= 11 is 9.19. The van der Waals surface area contributed by atoms with Crippen LogP contribution in [-0.2, 0) is 9.59 Å². The van der Waals surface area contributed by atoms with E-state index in [9.17, 15) is 9.59 Å². The van der Waals surface area contributed by atoms with E-state index in [1.54, 1.807) is 0 Å². The molecule has 2 aromatic heterocycles. The molecule has 6 aromatic rings. The van der Waals surface area contributed by atoms with E-state index in [0.29, 0.717) is 31.6 Å². The summed E-state index contributed by atoms with van der Waals surface area (Å²) in [5, 5.41) is 40.1. The molecule has 48 heavy (non-hydrogen) atoms. The van der Waals surface area contributed by atoms with Gasteiger partial charge in [0.05, 0.1) is 22.9 Å². The Balaban J connectivity index is 0.000000152. The van der Waals surface area contributed by atoms with Gasteiger partial charge in [-0.1, -0.05) is 84.2 Å². The van der Waals surface area contributed by atoms with Gasteiger partial charge in [0.15, 0.2) is 10.3 Å². The molecule has 10 nitrogen and oxygen atoms in total. The normalized spacial score (nSPS) is 14.2. The van der Waals surface area contributed by atoms with Gasteiger partial charge in [-0.25, -0.2) is 0 Å². The van der Waals surface area contributed by atoms with E-state index in [1.165, 1.54) is 47.6 Å². The van der Waals surface area contributed by atoms with Crippen molar-refractivity contribution >= 4 is 88.9 Å². The number of halogens is 2. The molecule has 2 fully saturated rings. The highest BCUT2D eigenvalue weighted by Crippen LogP contribution is 2.45. The molecule has 0 aliphatic heterocycles. The second-order valence-electron chi connectivity index (χ2n) is 11.5. The van der Waals surface area contributed by atoms with Crippen molar-refractivity contribution in [1.29, 1.82) is 0 Å². The largest absolute Gasteiger partial charge is 0.481 e. The minimum atomic E-state index is -0.875. The predicted molar refractivity (Wildman–Crippen MR) is 194 cm³/mol. The van der Waals surface area contributed by atoms with Crippen molar-refractivity contribution in [1.82, 2.24) is 29.5 Å². The van der Waals surface area contributed by atoms with Crippen molar-refractivity contribution in [2.24, 2.45) is 0 Å². The van der Waals surface area contributed by atoms with Gasteiger partial charge in [0.2, 0.25) is 9.47 Å². The number of thioether (sulfide) groups is 2. The van der Waals surface area contributed by atoms with Crippen LogP contribution in [0.3, 0.4) is 0 Å². The molecule has 0 bridgehead atoms. The molecule has 0 saturated heterocycles. The Morgan fingerprint density at radius 3 is 1.33 bits per heavy atom. The van der Waals surface area contributed by atoms with E-state index in [4.69, 9.17) is 10.2 Å². The number of carboxylic acid groups (broad SMARTS) is 2. The first-order valence-corrected chi connectivity index (χ1v) is 18.8. The lowest BCUT2D eigenvalue weighted by Gasteiger charge is -2.13. The maximum absolute atomic E-state index is 10.9. The Kier molecular flexibility index (Phi) is 9.58. The molecule has 0 unspecified atom stereocenters. The molecular weight excluding hydrogens is 780 g/mol. The summed E-state index contributed by atoms with van der Waals surface area (Å²) in [6, 6.07) is 25.1. The monoisotopic (exact) mass is 806 g/mol. The third-order valence-electron chi connectivity index (χ3n) is 8.22. The van der Waals surface area contributed by atoms with E-state index >= 15 is 0 Å². The van der Waals surface area contributed by atoms with Crippen molar-refractivity contribution in [3.05, 3.63) is 93.4 Å². The van der Waals surface area contributed by atoms with Gasteiger partial charge in [-0.05, 0) is 103 Å². The fourth-order valence-corrected chi connectivity index (χ4v) is 8.29. The molecule has 0 atom stereocenters. The van der Waals surface area contributed by atoms with E-state index in [-0.39, 0.29) is 11.5 Å². The van der Waals surface area contributed by atoms with E-state index in [2.05, 4.69) is 113 Å². The average Bonchev–Trinajstić information content (AvgIpc) is 4.03. The number of nitrogens with zero attached hydrogens (tertiary/aromatic N) is 6. The number of fused-ring (bicyclic) bond motifs is 2. The third-order valence-corrected chi connectivity index (χ3v) is 11.1. The highest BCUT2D eigenvalue weighted by molar-refractivity contribution is 9.10. The van der Waals surface area contributed by atoms with Crippen molar-refractivity contribution < 1.29 is 19.8 Å². The molecule has 2 aliphatic carbocycles. The zero-order chi connectivity index (χ0) is 33.4. The molecular formula is C34H28Br2N6O4S2. The minimum Gasteiger partial charge on any atom is -0.481 e. The first-order valence-electron chi connectivity index (χ1n) is 15.2. The standard InChI is InChI=1S/2C17H14BrN3O2S/c2*18-16-19-20-17(24-9-15(22)23)21(16)14-8-7-11(10-5-6-10)12-3-1-2-4-13(12)14/h2*1-4,7-8,10H,5-6,9H2,(H,22,23). The Bertz CT molecular complexity index is 2030. The number of hydrogen-bond donors (Lipinski definition) is 2. The zero-order valence-corrected chi connectivity index (χ0v) is 30.1. The van der Waals surface area contributed by atoms with E-state index in [0.717, 1.165) is 45.7 Å². The van der Waals surface area contributed by atoms with Crippen LogP contribution in [0.2, 0.25) is 0 Å². The molecule has 0 radical (unpaired) electrons. The summed E-state index contributed by atoms with van der Waals surface area (Å²) in [6.07, 6.45) is 5.00. The van der Waals surface area contributed by atoms with Gasteiger partial charge in [-0.2, -0.15) is 0 Å². The van der Waals surface area contributed by atoms with Gasteiger partial charge in [-0.15, -0.1) is 20.4 Å². The summed E-state index contributed by atoms with van der Waals surface area (Å²) in [6.45, 7) is 0. The summed E-state index contributed by atoms with van der Waals surface area (Å²) in [7, 11) is 0.